The van der Waals surface area contributed by atoms with Crippen LogP contribution >= 0.6 is 23.1 Å². The Hall–Kier alpha value is -1.67. The summed E-state index contributed by atoms with van der Waals surface area (Å²) in [5.74, 6) is -0.328. The van der Waals surface area contributed by atoms with E-state index in [1.165, 1.54) is 35.2 Å². The molecule has 3 rings (SSSR count). The van der Waals surface area contributed by atoms with E-state index in [1.54, 1.807) is 36.4 Å². The van der Waals surface area contributed by atoms with E-state index in [0.717, 1.165) is 20.9 Å². The highest BCUT2D eigenvalue weighted by atomic mass is 32.2. The molecule has 130 valence electrons. The van der Waals surface area contributed by atoms with E-state index in [9.17, 15) is 12.8 Å². The van der Waals surface area contributed by atoms with Crippen LogP contribution in [0.4, 0.5) is 4.39 Å². The molecular weight excluding hydrogens is 377 g/mol. The predicted octanol–water partition coefficient (Wildman–Crippen LogP) is 4.57. The van der Waals surface area contributed by atoms with Gasteiger partial charge < -0.3 is 5.73 Å². The first-order valence-electron chi connectivity index (χ1n) is 7.43. The summed E-state index contributed by atoms with van der Waals surface area (Å²) in [5, 5.41) is 0. The molecule has 0 amide bonds. The van der Waals surface area contributed by atoms with Gasteiger partial charge in [0, 0.05) is 16.3 Å². The van der Waals surface area contributed by atoms with Crippen molar-refractivity contribution in [2.45, 2.75) is 20.5 Å². The minimum Gasteiger partial charge on any atom is -0.326 e. The van der Waals surface area contributed by atoms with Gasteiger partial charge in [-0.3, -0.25) is 0 Å². The summed E-state index contributed by atoms with van der Waals surface area (Å²) in [6, 6.07) is 14.5. The normalized spacial score (nSPS) is 11.6. The molecule has 1 heterocycles. The van der Waals surface area contributed by atoms with Gasteiger partial charge in [-0.15, -0.1) is 23.1 Å². The van der Waals surface area contributed by atoms with Crippen LogP contribution < -0.4 is 5.73 Å². The van der Waals surface area contributed by atoms with Gasteiger partial charge in [0.05, 0.1) is 4.90 Å². The summed E-state index contributed by atoms with van der Waals surface area (Å²) in [6.45, 7) is 0.311. The van der Waals surface area contributed by atoms with Crippen LogP contribution in [-0.2, 0) is 16.4 Å². The highest BCUT2D eigenvalue weighted by Gasteiger charge is 2.21. The fraction of sp³-hybridized carbons (Fsp3) is 0.111. The Labute approximate surface area is 154 Å². The summed E-state index contributed by atoms with van der Waals surface area (Å²) in [6.07, 6.45) is 1.89. The maximum Gasteiger partial charge on any atom is 0.216 e. The van der Waals surface area contributed by atoms with Crippen molar-refractivity contribution in [2.24, 2.45) is 5.73 Å². The molecule has 25 heavy (non-hydrogen) atoms. The minimum atomic E-state index is -3.62. The van der Waals surface area contributed by atoms with Crippen LogP contribution in [0.1, 0.15) is 4.88 Å². The van der Waals surface area contributed by atoms with Crippen LogP contribution in [-0.4, -0.2) is 14.7 Å². The molecule has 2 N–H and O–H groups in total. The molecule has 0 unspecified atom stereocenters. The first-order valence-corrected chi connectivity index (χ1v) is 11.0. The van der Waals surface area contributed by atoms with Crippen LogP contribution in [0.2, 0.25) is 0 Å². The largest absolute Gasteiger partial charge is 0.326 e. The summed E-state index contributed by atoms with van der Waals surface area (Å²) in [5.41, 5.74) is 7.09. The Kier molecular flexibility index (Phi) is 5.29. The van der Waals surface area contributed by atoms with Gasteiger partial charge in [0.2, 0.25) is 9.84 Å². The van der Waals surface area contributed by atoms with E-state index in [4.69, 9.17) is 5.73 Å². The molecule has 0 bridgehead atoms. The van der Waals surface area contributed by atoms with Crippen LogP contribution in [0.25, 0.3) is 11.1 Å². The first kappa shape index (κ1) is 18.1. The average molecular weight is 394 g/mol. The van der Waals surface area contributed by atoms with Crippen LogP contribution in [0.3, 0.4) is 0 Å². The number of nitrogens with two attached hydrogens (primary N) is 1. The fourth-order valence-electron chi connectivity index (χ4n) is 2.38. The standard InChI is InChI=1S/C18H16FNO2S3/c1-23-16-8-13(12-2-4-14(19)5-3-12)9-17(10-16)25(21,22)18-7-6-15(11-20)24-18/h2-10H,11,20H2,1H3. The third-order valence-electron chi connectivity index (χ3n) is 3.71. The lowest BCUT2D eigenvalue weighted by Gasteiger charge is -2.09. The van der Waals surface area contributed by atoms with Gasteiger partial charge in [-0.25, -0.2) is 12.8 Å². The molecule has 2 aromatic carbocycles. The van der Waals surface area contributed by atoms with Gasteiger partial charge in [0.1, 0.15) is 10.0 Å². The predicted molar refractivity (Wildman–Crippen MR) is 101 cm³/mol. The van der Waals surface area contributed by atoms with E-state index in [-0.39, 0.29) is 14.9 Å². The summed E-state index contributed by atoms with van der Waals surface area (Å²) in [4.78, 5) is 1.87. The van der Waals surface area contributed by atoms with Crippen molar-refractivity contribution in [3.63, 3.8) is 0 Å². The number of halogens is 1. The fourth-order valence-corrected chi connectivity index (χ4v) is 5.65. The summed E-state index contributed by atoms with van der Waals surface area (Å²) in [7, 11) is -3.62. The molecule has 0 fully saturated rings. The van der Waals surface area contributed by atoms with E-state index in [1.807, 2.05) is 12.3 Å². The quantitative estimate of drug-likeness (QED) is 0.645. The van der Waals surface area contributed by atoms with Gasteiger partial charge in [0.25, 0.3) is 0 Å². The molecule has 0 spiro atoms. The Balaban J connectivity index is 2.12. The first-order chi connectivity index (χ1) is 11.9. The van der Waals surface area contributed by atoms with Crippen molar-refractivity contribution >= 4 is 32.9 Å². The van der Waals surface area contributed by atoms with Crippen molar-refractivity contribution in [1.29, 1.82) is 0 Å². The van der Waals surface area contributed by atoms with Crippen molar-refractivity contribution in [2.75, 3.05) is 6.26 Å². The maximum atomic E-state index is 13.2. The number of benzene rings is 2. The minimum absolute atomic E-state index is 0.226. The van der Waals surface area contributed by atoms with Crippen LogP contribution in [0.5, 0.6) is 0 Å². The zero-order valence-corrected chi connectivity index (χ0v) is 15.8. The molecule has 1 aromatic heterocycles. The van der Waals surface area contributed by atoms with E-state index >= 15 is 0 Å². The zero-order valence-electron chi connectivity index (χ0n) is 13.4. The molecular formula is C18H16FNO2S3. The molecule has 3 nitrogen and oxygen atoms in total. The molecule has 3 aromatic rings. The molecule has 0 aliphatic carbocycles. The van der Waals surface area contributed by atoms with Gasteiger partial charge in [0.15, 0.2) is 0 Å². The number of hydrogen-bond donors (Lipinski definition) is 1. The van der Waals surface area contributed by atoms with Crippen molar-refractivity contribution in [1.82, 2.24) is 0 Å². The van der Waals surface area contributed by atoms with Gasteiger partial charge in [-0.2, -0.15) is 0 Å². The highest BCUT2D eigenvalue weighted by molar-refractivity contribution is 7.98. The lowest BCUT2D eigenvalue weighted by molar-refractivity contribution is 0.598. The number of rotatable bonds is 5. The van der Waals surface area contributed by atoms with E-state index < -0.39 is 9.84 Å². The van der Waals surface area contributed by atoms with Crippen LogP contribution in [0.15, 0.2) is 68.6 Å². The third kappa shape index (κ3) is 3.79. The summed E-state index contributed by atoms with van der Waals surface area (Å²) >= 11 is 2.64. The molecule has 0 radical (unpaired) electrons. The number of thiophene rings is 1. The van der Waals surface area contributed by atoms with Crippen molar-refractivity contribution in [3.05, 3.63) is 65.3 Å². The average Bonchev–Trinajstić information content (AvgIpc) is 3.12. The number of thioether (sulfide) groups is 1. The zero-order chi connectivity index (χ0) is 18.0. The molecule has 0 saturated heterocycles. The third-order valence-corrected chi connectivity index (χ3v) is 7.75. The van der Waals surface area contributed by atoms with E-state index in [0.29, 0.717) is 6.54 Å². The van der Waals surface area contributed by atoms with Crippen molar-refractivity contribution in [3.8, 4) is 11.1 Å². The second-order valence-corrected chi connectivity index (χ2v) is 9.56. The number of hydrogen-bond acceptors (Lipinski definition) is 5. The van der Waals surface area contributed by atoms with Gasteiger partial charge in [-0.1, -0.05) is 12.1 Å². The molecule has 0 aliphatic heterocycles. The SMILES string of the molecule is CSc1cc(-c2ccc(F)cc2)cc(S(=O)(=O)c2ccc(CN)s2)c1. The van der Waals surface area contributed by atoms with E-state index in [2.05, 4.69) is 0 Å². The van der Waals surface area contributed by atoms with Gasteiger partial charge >= 0.3 is 0 Å². The Morgan fingerprint density at radius 2 is 1.76 bits per heavy atom. The molecule has 0 atom stereocenters. The van der Waals surface area contributed by atoms with Crippen molar-refractivity contribution < 1.29 is 12.8 Å². The van der Waals surface area contributed by atoms with Gasteiger partial charge in [-0.05, 0) is 59.8 Å². The monoisotopic (exact) mass is 393 g/mol. The molecule has 0 aliphatic rings. The lowest BCUT2D eigenvalue weighted by Crippen LogP contribution is -2.00. The maximum absolute atomic E-state index is 13.2. The Morgan fingerprint density at radius 3 is 2.36 bits per heavy atom. The summed E-state index contributed by atoms with van der Waals surface area (Å²) < 4.78 is 39.4. The van der Waals surface area contributed by atoms with Crippen LogP contribution in [0, 0.1) is 5.82 Å². The second-order valence-electron chi connectivity index (χ2n) is 5.33. The highest BCUT2D eigenvalue weighted by Crippen LogP contribution is 2.33. The Bertz CT molecular complexity index is 995. The second kappa shape index (κ2) is 7.29. The smallest absolute Gasteiger partial charge is 0.216 e. The number of sulfone groups is 1. The molecule has 0 saturated carbocycles. The molecule has 7 heteroatoms. The Morgan fingerprint density at radius 1 is 1.04 bits per heavy atom. The topological polar surface area (TPSA) is 60.2 Å². The lowest BCUT2D eigenvalue weighted by atomic mass is 10.1.